The lowest BCUT2D eigenvalue weighted by Crippen LogP contribution is -2.26. The van der Waals surface area contributed by atoms with Crippen LogP contribution in [-0.4, -0.2) is 5.91 Å². The van der Waals surface area contributed by atoms with E-state index in [0.717, 1.165) is 5.56 Å². The van der Waals surface area contributed by atoms with Gasteiger partial charge in [-0.2, -0.15) is 0 Å². The summed E-state index contributed by atoms with van der Waals surface area (Å²) in [5.41, 5.74) is 1.63. The van der Waals surface area contributed by atoms with Crippen LogP contribution in [0.15, 0.2) is 42.5 Å². The lowest BCUT2D eigenvalue weighted by atomic mass is 10.1. The maximum Gasteiger partial charge on any atom is 0.246 e. The van der Waals surface area contributed by atoms with Crippen molar-refractivity contribution in [1.82, 2.24) is 5.32 Å². The molecule has 1 aromatic rings. The Labute approximate surface area is 84.6 Å². The predicted molar refractivity (Wildman–Crippen MR) is 57.8 cm³/mol. The Morgan fingerprint density at radius 1 is 1.36 bits per heavy atom. The summed E-state index contributed by atoms with van der Waals surface area (Å²) < 4.78 is 0. The minimum Gasteiger partial charge on any atom is -0.346 e. The van der Waals surface area contributed by atoms with Gasteiger partial charge in [-0.3, -0.25) is 4.79 Å². The van der Waals surface area contributed by atoms with Gasteiger partial charge in [0.25, 0.3) is 0 Å². The standard InChI is InChI=1S/C12H15NO/c1-9(2)12(14)13-10(3)11-7-5-4-6-8-11/h4-8,10H,1H2,2-3H3,(H,13,14)/t10-/m1/s1. The maximum absolute atomic E-state index is 11.3. The van der Waals surface area contributed by atoms with Crippen LogP contribution in [0.5, 0.6) is 0 Å². The smallest absolute Gasteiger partial charge is 0.246 e. The molecule has 1 amide bonds. The van der Waals surface area contributed by atoms with Crippen LogP contribution in [-0.2, 0) is 4.79 Å². The summed E-state index contributed by atoms with van der Waals surface area (Å²) in [6.07, 6.45) is 0. The quantitative estimate of drug-likeness (QED) is 0.727. The van der Waals surface area contributed by atoms with Gasteiger partial charge < -0.3 is 5.32 Å². The van der Waals surface area contributed by atoms with E-state index in [9.17, 15) is 4.79 Å². The third kappa shape index (κ3) is 2.73. The van der Waals surface area contributed by atoms with Crippen LogP contribution in [0.2, 0.25) is 0 Å². The van der Waals surface area contributed by atoms with E-state index >= 15 is 0 Å². The first-order valence-electron chi connectivity index (χ1n) is 4.62. The van der Waals surface area contributed by atoms with Gasteiger partial charge in [-0.15, -0.1) is 0 Å². The molecule has 0 heterocycles. The largest absolute Gasteiger partial charge is 0.346 e. The Kier molecular flexibility index (Phi) is 3.46. The normalized spacial score (nSPS) is 11.9. The van der Waals surface area contributed by atoms with Crippen LogP contribution in [0.4, 0.5) is 0 Å². The Morgan fingerprint density at radius 2 is 1.93 bits per heavy atom. The Balaban J connectivity index is 2.64. The maximum atomic E-state index is 11.3. The minimum atomic E-state index is -0.0960. The predicted octanol–water partition coefficient (Wildman–Crippen LogP) is 2.44. The van der Waals surface area contributed by atoms with Crippen molar-refractivity contribution in [2.75, 3.05) is 0 Å². The van der Waals surface area contributed by atoms with Gasteiger partial charge in [0, 0.05) is 5.57 Å². The first kappa shape index (κ1) is 10.5. The van der Waals surface area contributed by atoms with E-state index < -0.39 is 0 Å². The van der Waals surface area contributed by atoms with Crippen LogP contribution in [0.25, 0.3) is 0 Å². The average Bonchev–Trinajstić information content (AvgIpc) is 2.19. The average molecular weight is 189 g/mol. The topological polar surface area (TPSA) is 29.1 Å². The molecule has 0 saturated carbocycles. The number of benzene rings is 1. The highest BCUT2D eigenvalue weighted by molar-refractivity contribution is 5.92. The number of nitrogens with one attached hydrogen (secondary N) is 1. The third-order valence-electron chi connectivity index (χ3n) is 2.03. The summed E-state index contributed by atoms with van der Waals surface area (Å²) >= 11 is 0. The molecule has 74 valence electrons. The molecule has 14 heavy (non-hydrogen) atoms. The van der Waals surface area contributed by atoms with Gasteiger partial charge in [-0.05, 0) is 19.4 Å². The van der Waals surface area contributed by atoms with Gasteiger partial charge in [-0.25, -0.2) is 0 Å². The molecule has 0 aliphatic carbocycles. The van der Waals surface area contributed by atoms with E-state index in [4.69, 9.17) is 0 Å². The van der Waals surface area contributed by atoms with E-state index in [-0.39, 0.29) is 11.9 Å². The number of hydrogen-bond acceptors (Lipinski definition) is 1. The molecule has 1 rings (SSSR count). The number of rotatable bonds is 3. The number of carbonyl (C=O) groups excluding carboxylic acids is 1. The summed E-state index contributed by atoms with van der Waals surface area (Å²) in [4.78, 5) is 11.3. The Morgan fingerprint density at radius 3 is 2.43 bits per heavy atom. The molecule has 0 aromatic heterocycles. The van der Waals surface area contributed by atoms with Gasteiger partial charge in [0.1, 0.15) is 0 Å². The molecule has 0 spiro atoms. The van der Waals surface area contributed by atoms with Crippen LogP contribution >= 0.6 is 0 Å². The fraction of sp³-hybridized carbons (Fsp3) is 0.250. The lowest BCUT2D eigenvalue weighted by Gasteiger charge is -2.13. The molecule has 0 fully saturated rings. The van der Waals surface area contributed by atoms with Crippen molar-refractivity contribution in [2.45, 2.75) is 19.9 Å². The van der Waals surface area contributed by atoms with Crippen molar-refractivity contribution in [1.29, 1.82) is 0 Å². The van der Waals surface area contributed by atoms with Crippen LogP contribution in [0.1, 0.15) is 25.5 Å². The fourth-order valence-corrected chi connectivity index (χ4v) is 1.14. The molecule has 0 unspecified atom stereocenters. The van der Waals surface area contributed by atoms with Crippen molar-refractivity contribution in [3.63, 3.8) is 0 Å². The zero-order chi connectivity index (χ0) is 10.6. The van der Waals surface area contributed by atoms with Crippen molar-refractivity contribution >= 4 is 5.91 Å². The molecule has 0 aliphatic rings. The molecule has 0 saturated heterocycles. The monoisotopic (exact) mass is 189 g/mol. The summed E-state index contributed by atoms with van der Waals surface area (Å²) in [6.45, 7) is 7.25. The molecule has 0 bridgehead atoms. The fourth-order valence-electron chi connectivity index (χ4n) is 1.14. The van der Waals surface area contributed by atoms with Gasteiger partial charge in [-0.1, -0.05) is 36.9 Å². The summed E-state index contributed by atoms with van der Waals surface area (Å²) in [7, 11) is 0. The highest BCUT2D eigenvalue weighted by atomic mass is 16.1. The van der Waals surface area contributed by atoms with Gasteiger partial charge in [0.05, 0.1) is 6.04 Å². The van der Waals surface area contributed by atoms with Gasteiger partial charge >= 0.3 is 0 Å². The first-order valence-corrected chi connectivity index (χ1v) is 4.62. The van der Waals surface area contributed by atoms with Crippen molar-refractivity contribution in [3.05, 3.63) is 48.0 Å². The second kappa shape index (κ2) is 4.61. The molecular formula is C12H15NO. The molecule has 0 aliphatic heterocycles. The molecule has 2 heteroatoms. The summed E-state index contributed by atoms with van der Waals surface area (Å²) in [5.74, 6) is -0.0960. The van der Waals surface area contributed by atoms with E-state index in [1.807, 2.05) is 37.3 Å². The van der Waals surface area contributed by atoms with Crippen LogP contribution in [0, 0.1) is 0 Å². The van der Waals surface area contributed by atoms with Gasteiger partial charge in [0.2, 0.25) is 5.91 Å². The molecule has 1 atom stereocenters. The molecule has 1 aromatic carbocycles. The van der Waals surface area contributed by atoms with Gasteiger partial charge in [0.15, 0.2) is 0 Å². The SMILES string of the molecule is C=C(C)C(=O)N[C@H](C)c1ccccc1. The minimum absolute atomic E-state index is 0.0281. The molecule has 1 N–H and O–H groups in total. The molecule has 0 radical (unpaired) electrons. The van der Waals surface area contributed by atoms with Crippen molar-refractivity contribution in [3.8, 4) is 0 Å². The molecular weight excluding hydrogens is 174 g/mol. The highest BCUT2D eigenvalue weighted by Crippen LogP contribution is 2.11. The number of carbonyl (C=O) groups is 1. The van der Waals surface area contributed by atoms with E-state index in [0.29, 0.717) is 5.57 Å². The van der Waals surface area contributed by atoms with Crippen molar-refractivity contribution in [2.24, 2.45) is 0 Å². The first-order chi connectivity index (χ1) is 6.61. The van der Waals surface area contributed by atoms with Crippen LogP contribution < -0.4 is 5.32 Å². The van der Waals surface area contributed by atoms with E-state index in [1.54, 1.807) is 6.92 Å². The summed E-state index contributed by atoms with van der Waals surface area (Å²) in [5, 5.41) is 2.86. The Bertz CT molecular complexity index is 329. The number of hydrogen-bond donors (Lipinski definition) is 1. The lowest BCUT2D eigenvalue weighted by molar-refractivity contribution is -0.118. The second-order valence-corrected chi connectivity index (χ2v) is 3.39. The third-order valence-corrected chi connectivity index (χ3v) is 2.03. The van der Waals surface area contributed by atoms with E-state index in [2.05, 4.69) is 11.9 Å². The Hall–Kier alpha value is -1.57. The zero-order valence-corrected chi connectivity index (χ0v) is 8.58. The summed E-state index contributed by atoms with van der Waals surface area (Å²) in [6, 6.07) is 9.88. The number of amides is 1. The highest BCUT2D eigenvalue weighted by Gasteiger charge is 2.08. The van der Waals surface area contributed by atoms with Crippen LogP contribution in [0.3, 0.4) is 0 Å². The van der Waals surface area contributed by atoms with Crippen molar-refractivity contribution < 1.29 is 4.79 Å². The zero-order valence-electron chi connectivity index (χ0n) is 8.58. The second-order valence-electron chi connectivity index (χ2n) is 3.39. The molecule has 2 nitrogen and oxygen atoms in total. The van der Waals surface area contributed by atoms with E-state index in [1.165, 1.54) is 0 Å².